The number of rotatable bonds is 9. The second kappa shape index (κ2) is 10.8. The molecule has 0 spiro atoms. The SMILES string of the molecule is CC(C)(C(=O)O)c1cccc(-c2ccc(CN(Cc3ccc(C(F)(F)F)o3)Cc3cccc4c3OC(F)(F)O4)cc2)c1. The molecule has 4 aromatic rings. The Kier molecular flexibility index (Phi) is 7.48. The molecule has 0 radical (unpaired) electrons. The van der Waals surface area contributed by atoms with E-state index >= 15 is 0 Å². The van der Waals surface area contributed by atoms with E-state index in [1.807, 2.05) is 36.4 Å². The molecule has 0 amide bonds. The van der Waals surface area contributed by atoms with Crippen LogP contribution >= 0.6 is 0 Å². The van der Waals surface area contributed by atoms with Crippen LogP contribution in [0.2, 0.25) is 0 Å². The fraction of sp³-hybridized carbons (Fsp3) is 0.258. The molecule has 0 unspecified atom stereocenters. The molecular weight excluding hydrogens is 561 g/mol. The predicted octanol–water partition coefficient (Wildman–Crippen LogP) is 7.85. The van der Waals surface area contributed by atoms with E-state index in [1.54, 1.807) is 36.9 Å². The second-order valence-corrected chi connectivity index (χ2v) is 10.5. The number of carboxylic acid groups (broad SMARTS) is 1. The highest BCUT2D eigenvalue weighted by atomic mass is 19.4. The smallest absolute Gasteiger partial charge is 0.481 e. The van der Waals surface area contributed by atoms with E-state index in [9.17, 15) is 31.9 Å². The standard InChI is InChI=1S/C31H26F5NO5/c1-29(2,28(38)39)23-7-3-5-21(15-23)20-11-9-19(10-12-20)16-37(18-24-13-14-26(40-24)30(32,33)34)17-22-6-4-8-25-27(22)42-31(35,36)41-25/h3-15H,16-18H2,1-2H3,(H,38,39). The largest absolute Gasteiger partial charge is 0.586 e. The number of nitrogens with zero attached hydrogens (tertiary/aromatic N) is 1. The lowest BCUT2D eigenvalue weighted by Gasteiger charge is -2.23. The van der Waals surface area contributed by atoms with Crippen LogP contribution in [0.15, 0.2) is 83.3 Å². The third-order valence-corrected chi connectivity index (χ3v) is 7.04. The van der Waals surface area contributed by atoms with Crippen LogP contribution in [0.3, 0.4) is 0 Å². The van der Waals surface area contributed by atoms with Gasteiger partial charge in [0.05, 0.1) is 12.0 Å². The van der Waals surface area contributed by atoms with E-state index in [-0.39, 0.29) is 36.9 Å². The quantitative estimate of drug-likeness (QED) is 0.201. The van der Waals surface area contributed by atoms with Crippen LogP contribution in [-0.2, 0) is 36.0 Å². The Hall–Kier alpha value is -4.38. The van der Waals surface area contributed by atoms with Crippen molar-refractivity contribution in [3.63, 3.8) is 0 Å². The number of carboxylic acids is 1. The zero-order valence-electron chi connectivity index (χ0n) is 22.5. The maximum Gasteiger partial charge on any atom is 0.586 e. The molecule has 1 aromatic heterocycles. The molecule has 1 N–H and O–H groups in total. The zero-order valence-corrected chi connectivity index (χ0v) is 22.5. The summed E-state index contributed by atoms with van der Waals surface area (Å²) < 4.78 is 81.2. The normalized spacial score (nSPS) is 14.4. The average Bonchev–Trinajstić information content (AvgIpc) is 3.52. The number of aliphatic carboxylic acids is 1. The highest BCUT2D eigenvalue weighted by Crippen LogP contribution is 2.44. The van der Waals surface area contributed by atoms with Gasteiger partial charge in [-0.25, -0.2) is 0 Å². The summed E-state index contributed by atoms with van der Waals surface area (Å²) in [4.78, 5) is 13.4. The van der Waals surface area contributed by atoms with Crippen molar-refractivity contribution in [2.75, 3.05) is 0 Å². The molecule has 0 fully saturated rings. The number of fused-ring (bicyclic) bond motifs is 1. The monoisotopic (exact) mass is 587 g/mol. The van der Waals surface area contributed by atoms with Crippen LogP contribution in [0, 0.1) is 0 Å². The van der Waals surface area contributed by atoms with Gasteiger partial charge in [-0.1, -0.05) is 60.7 Å². The minimum Gasteiger partial charge on any atom is -0.481 e. The first-order valence-electron chi connectivity index (χ1n) is 12.9. The van der Waals surface area contributed by atoms with E-state index in [2.05, 4.69) is 4.74 Å². The molecule has 3 aromatic carbocycles. The Morgan fingerprint density at radius 1 is 0.857 bits per heavy atom. The van der Waals surface area contributed by atoms with Gasteiger partial charge in [-0.15, -0.1) is 8.78 Å². The third-order valence-electron chi connectivity index (χ3n) is 7.04. The first-order valence-corrected chi connectivity index (χ1v) is 12.9. The summed E-state index contributed by atoms with van der Waals surface area (Å²) in [5.74, 6) is -2.30. The van der Waals surface area contributed by atoms with Crippen LogP contribution in [0.4, 0.5) is 22.0 Å². The van der Waals surface area contributed by atoms with E-state index in [0.29, 0.717) is 11.1 Å². The highest BCUT2D eigenvalue weighted by Gasteiger charge is 2.44. The van der Waals surface area contributed by atoms with E-state index in [0.717, 1.165) is 22.8 Å². The van der Waals surface area contributed by atoms with Gasteiger partial charge in [0.1, 0.15) is 5.76 Å². The minimum absolute atomic E-state index is 0.0404. The molecule has 6 nitrogen and oxygen atoms in total. The van der Waals surface area contributed by atoms with Gasteiger partial charge in [0.2, 0.25) is 5.76 Å². The average molecular weight is 588 g/mol. The molecule has 0 saturated carbocycles. The number of carbonyl (C=O) groups is 1. The molecule has 0 bridgehead atoms. The van der Waals surface area contributed by atoms with Crippen LogP contribution in [0.1, 0.15) is 42.1 Å². The number of hydrogen-bond donors (Lipinski definition) is 1. The van der Waals surface area contributed by atoms with Crippen molar-refractivity contribution < 1.29 is 45.7 Å². The molecular formula is C31H26F5NO5. The Labute approximate surface area is 237 Å². The Morgan fingerprint density at radius 3 is 2.24 bits per heavy atom. The van der Waals surface area contributed by atoms with Crippen LogP contribution < -0.4 is 9.47 Å². The molecule has 5 rings (SSSR count). The highest BCUT2D eigenvalue weighted by molar-refractivity contribution is 5.81. The molecule has 2 heterocycles. The van der Waals surface area contributed by atoms with Gasteiger partial charge >= 0.3 is 18.4 Å². The van der Waals surface area contributed by atoms with Gasteiger partial charge in [0, 0.05) is 18.7 Å². The number of alkyl halides is 5. The van der Waals surface area contributed by atoms with E-state index in [4.69, 9.17) is 9.15 Å². The summed E-state index contributed by atoms with van der Waals surface area (Å²) in [6, 6.07) is 21.1. The lowest BCUT2D eigenvalue weighted by Crippen LogP contribution is -2.28. The number of benzene rings is 3. The van der Waals surface area contributed by atoms with Gasteiger partial charge in [-0.2, -0.15) is 13.2 Å². The van der Waals surface area contributed by atoms with Crippen molar-refractivity contribution in [2.45, 2.75) is 51.4 Å². The van der Waals surface area contributed by atoms with Crippen molar-refractivity contribution in [2.24, 2.45) is 0 Å². The first kappa shape index (κ1) is 29.1. The summed E-state index contributed by atoms with van der Waals surface area (Å²) in [7, 11) is 0. The lowest BCUT2D eigenvalue weighted by molar-refractivity contribution is -0.287. The summed E-state index contributed by atoms with van der Waals surface area (Å²) in [6.45, 7) is 3.48. The summed E-state index contributed by atoms with van der Waals surface area (Å²) in [5, 5.41) is 9.59. The molecule has 11 heteroatoms. The number of furan rings is 1. The van der Waals surface area contributed by atoms with E-state index < -0.39 is 29.6 Å². The fourth-order valence-electron chi connectivity index (χ4n) is 4.67. The first-order chi connectivity index (χ1) is 19.7. The molecule has 0 aliphatic carbocycles. The zero-order chi connectivity index (χ0) is 30.3. The van der Waals surface area contributed by atoms with Gasteiger partial charge < -0.3 is 19.0 Å². The maximum atomic E-state index is 13.8. The third kappa shape index (κ3) is 6.25. The summed E-state index contributed by atoms with van der Waals surface area (Å²) >= 11 is 0. The van der Waals surface area contributed by atoms with Gasteiger partial charge in [-0.3, -0.25) is 9.69 Å². The second-order valence-electron chi connectivity index (χ2n) is 10.5. The van der Waals surface area contributed by atoms with Crippen molar-refractivity contribution in [3.05, 3.63) is 107 Å². The molecule has 220 valence electrons. The summed E-state index contributed by atoms with van der Waals surface area (Å²) in [5.41, 5.74) is 2.37. The van der Waals surface area contributed by atoms with Crippen LogP contribution in [0.5, 0.6) is 11.5 Å². The Balaban J connectivity index is 1.40. The van der Waals surface area contributed by atoms with Gasteiger partial charge in [-0.05, 0) is 54.3 Å². The minimum atomic E-state index is -4.65. The predicted molar refractivity (Wildman–Crippen MR) is 142 cm³/mol. The molecule has 1 aliphatic heterocycles. The molecule has 1 aliphatic rings. The number of hydrogen-bond acceptors (Lipinski definition) is 5. The molecule has 0 saturated heterocycles. The van der Waals surface area contributed by atoms with Crippen molar-refractivity contribution in [3.8, 4) is 22.6 Å². The maximum absolute atomic E-state index is 13.8. The Bertz CT molecular complexity index is 1590. The number of halogens is 5. The Morgan fingerprint density at radius 2 is 1.57 bits per heavy atom. The topological polar surface area (TPSA) is 72.1 Å². The van der Waals surface area contributed by atoms with Gasteiger partial charge in [0.25, 0.3) is 0 Å². The molecule has 0 atom stereocenters. The van der Waals surface area contributed by atoms with Crippen molar-refractivity contribution in [1.29, 1.82) is 0 Å². The molecule has 42 heavy (non-hydrogen) atoms. The summed E-state index contributed by atoms with van der Waals surface area (Å²) in [6.07, 6.45) is -8.47. The van der Waals surface area contributed by atoms with Crippen molar-refractivity contribution >= 4 is 5.97 Å². The van der Waals surface area contributed by atoms with E-state index in [1.165, 1.54) is 18.2 Å². The van der Waals surface area contributed by atoms with Crippen LogP contribution in [0.25, 0.3) is 11.1 Å². The van der Waals surface area contributed by atoms with Crippen LogP contribution in [-0.4, -0.2) is 22.3 Å². The van der Waals surface area contributed by atoms with Crippen molar-refractivity contribution in [1.82, 2.24) is 4.90 Å². The van der Waals surface area contributed by atoms with Gasteiger partial charge in [0.15, 0.2) is 11.5 Å². The number of ether oxygens (including phenoxy) is 2. The number of para-hydroxylation sites is 1. The fourth-order valence-corrected chi connectivity index (χ4v) is 4.67. The lowest BCUT2D eigenvalue weighted by atomic mass is 9.83.